The van der Waals surface area contributed by atoms with Crippen LogP contribution in [0.3, 0.4) is 0 Å². The van der Waals surface area contributed by atoms with Gasteiger partial charge in [-0.2, -0.15) is 0 Å². The third-order valence-corrected chi connectivity index (χ3v) is 5.56. The molecule has 0 spiro atoms. The number of benzene rings is 1. The van der Waals surface area contributed by atoms with Crippen molar-refractivity contribution < 1.29 is 14.0 Å². The Morgan fingerprint density at radius 1 is 1.00 bits per heavy atom. The monoisotopic (exact) mass is 341 g/mol. The van der Waals surface area contributed by atoms with E-state index in [1.807, 2.05) is 0 Å². The van der Waals surface area contributed by atoms with Crippen molar-refractivity contribution in [3.63, 3.8) is 0 Å². The van der Waals surface area contributed by atoms with E-state index in [2.05, 4.69) is 13.8 Å². The lowest BCUT2D eigenvalue weighted by atomic mass is 10.0. The summed E-state index contributed by atoms with van der Waals surface area (Å²) in [5.41, 5.74) is 6.21. The molecule has 1 aromatic rings. The first kappa shape index (κ1) is 20.2. The van der Waals surface area contributed by atoms with E-state index in [0.717, 1.165) is 44.9 Å². The first-order chi connectivity index (χ1) is 11.0. The molecule has 2 unspecified atom stereocenters. The second-order valence-corrected chi connectivity index (χ2v) is 7.95. The summed E-state index contributed by atoms with van der Waals surface area (Å²) in [4.78, 5) is 10.3. The number of rotatable bonds is 12. The van der Waals surface area contributed by atoms with E-state index < -0.39 is 7.60 Å². The zero-order chi connectivity index (χ0) is 17.1. The van der Waals surface area contributed by atoms with Crippen molar-refractivity contribution in [3.05, 3.63) is 24.3 Å². The summed E-state index contributed by atoms with van der Waals surface area (Å²) in [6, 6.07) is 6.43. The zero-order valence-corrected chi connectivity index (χ0v) is 15.4. The van der Waals surface area contributed by atoms with Gasteiger partial charge in [-0.25, -0.2) is 0 Å². The Bertz CT molecular complexity index is 476. The Morgan fingerprint density at radius 2 is 1.52 bits per heavy atom. The number of anilines is 1. The fourth-order valence-electron chi connectivity index (χ4n) is 2.60. The van der Waals surface area contributed by atoms with Gasteiger partial charge in [-0.15, -0.1) is 0 Å². The molecule has 3 N–H and O–H groups in total. The lowest BCUT2D eigenvalue weighted by Crippen LogP contribution is -2.16. The fraction of sp³-hybridized carbons (Fsp3) is 0.667. The quantitative estimate of drug-likeness (QED) is 0.318. The van der Waals surface area contributed by atoms with Crippen LogP contribution in [-0.2, 0) is 9.09 Å². The molecule has 23 heavy (non-hydrogen) atoms. The minimum absolute atomic E-state index is 0.146. The van der Waals surface area contributed by atoms with Gasteiger partial charge >= 0.3 is 7.60 Å². The summed E-state index contributed by atoms with van der Waals surface area (Å²) >= 11 is 0. The van der Waals surface area contributed by atoms with Crippen LogP contribution in [0.1, 0.15) is 71.6 Å². The summed E-state index contributed by atoms with van der Waals surface area (Å²) in [6.07, 6.45) is 9.45. The standard InChI is InChI=1S/C18H32NO3P/c1-3-5-7-9-11-17(10-8-6-4-2)22-23(20,21)18-14-12-16(19)13-15-18/h12-15,17H,3-11,19H2,1-2H3,(H,20,21). The van der Waals surface area contributed by atoms with Crippen LogP contribution in [-0.4, -0.2) is 11.0 Å². The van der Waals surface area contributed by atoms with Gasteiger partial charge in [-0.05, 0) is 37.1 Å². The van der Waals surface area contributed by atoms with Crippen molar-refractivity contribution >= 4 is 18.6 Å². The van der Waals surface area contributed by atoms with Gasteiger partial charge in [0.05, 0.1) is 11.4 Å². The van der Waals surface area contributed by atoms with Crippen molar-refractivity contribution in [1.29, 1.82) is 0 Å². The highest BCUT2D eigenvalue weighted by Crippen LogP contribution is 2.43. The van der Waals surface area contributed by atoms with Gasteiger partial charge in [0, 0.05) is 5.69 Å². The smallest absolute Gasteiger partial charge is 0.359 e. The summed E-state index contributed by atoms with van der Waals surface area (Å²) in [6.45, 7) is 4.33. The average molecular weight is 341 g/mol. The Labute approximate surface area is 141 Å². The van der Waals surface area contributed by atoms with Crippen LogP contribution in [0.5, 0.6) is 0 Å². The highest BCUT2D eigenvalue weighted by Gasteiger charge is 2.27. The van der Waals surface area contributed by atoms with Crippen molar-refractivity contribution in [2.45, 2.75) is 77.7 Å². The van der Waals surface area contributed by atoms with Gasteiger partial charge < -0.3 is 15.2 Å². The maximum Gasteiger partial charge on any atom is 0.359 e. The Hall–Kier alpha value is -0.830. The van der Waals surface area contributed by atoms with E-state index in [9.17, 15) is 9.46 Å². The predicted molar refractivity (Wildman–Crippen MR) is 98.1 cm³/mol. The molecule has 0 fully saturated rings. The molecule has 1 aromatic carbocycles. The first-order valence-electron chi connectivity index (χ1n) is 8.87. The SMILES string of the molecule is CCCCCCC(CCCCC)OP(=O)(O)c1ccc(N)cc1. The molecule has 0 bridgehead atoms. The van der Waals surface area contributed by atoms with Gasteiger partial charge in [0.25, 0.3) is 0 Å². The van der Waals surface area contributed by atoms with E-state index in [0.29, 0.717) is 11.0 Å². The third-order valence-electron chi connectivity index (χ3n) is 4.02. The van der Waals surface area contributed by atoms with Crippen LogP contribution in [0.25, 0.3) is 0 Å². The molecule has 0 radical (unpaired) electrons. The highest BCUT2D eigenvalue weighted by molar-refractivity contribution is 7.61. The number of nitrogen functional groups attached to an aromatic ring is 1. The van der Waals surface area contributed by atoms with E-state index in [1.165, 1.54) is 12.8 Å². The Morgan fingerprint density at radius 3 is 2.09 bits per heavy atom. The number of nitrogens with two attached hydrogens (primary N) is 1. The minimum Gasteiger partial charge on any atom is -0.399 e. The van der Waals surface area contributed by atoms with Crippen LogP contribution < -0.4 is 11.0 Å². The van der Waals surface area contributed by atoms with E-state index in [1.54, 1.807) is 24.3 Å². The van der Waals surface area contributed by atoms with Crippen LogP contribution in [0.15, 0.2) is 24.3 Å². The lowest BCUT2D eigenvalue weighted by molar-refractivity contribution is 0.155. The average Bonchev–Trinajstić information content (AvgIpc) is 2.51. The molecule has 0 saturated heterocycles. The molecule has 0 aliphatic rings. The molecule has 132 valence electrons. The van der Waals surface area contributed by atoms with E-state index in [4.69, 9.17) is 10.3 Å². The topological polar surface area (TPSA) is 72.5 Å². The molecule has 0 saturated carbocycles. The largest absolute Gasteiger partial charge is 0.399 e. The summed E-state index contributed by atoms with van der Waals surface area (Å²) in [5, 5.41) is 0.320. The van der Waals surface area contributed by atoms with Crippen molar-refractivity contribution in [2.24, 2.45) is 0 Å². The molecule has 2 atom stereocenters. The fourth-order valence-corrected chi connectivity index (χ4v) is 3.86. The second-order valence-electron chi connectivity index (χ2n) is 6.18. The molecule has 5 heteroatoms. The lowest BCUT2D eigenvalue weighted by Gasteiger charge is -2.21. The van der Waals surface area contributed by atoms with Crippen LogP contribution >= 0.6 is 7.60 Å². The van der Waals surface area contributed by atoms with E-state index >= 15 is 0 Å². The molecular formula is C18H32NO3P. The molecule has 0 aliphatic heterocycles. The van der Waals surface area contributed by atoms with Crippen molar-refractivity contribution in [3.8, 4) is 0 Å². The maximum absolute atomic E-state index is 12.6. The number of hydrogen-bond donors (Lipinski definition) is 2. The Balaban J connectivity index is 2.64. The first-order valence-corrected chi connectivity index (χ1v) is 10.4. The molecule has 4 nitrogen and oxygen atoms in total. The van der Waals surface area contributed by atoms with Gasteiger partial charge in [0.2, 0.25) is 0 Å². The molecule has 0 aliphatic carbocycles. The highest BCUT2D eigenvalue weighted by atomic mass is 31.2. The normalized spacial score (nSPS) is 15.3. The molecule has 1 rings (SSSR count). The van der Waals surface area contributed by atoms with Gasteiger partial charge in [-0.3, -0.25) is 4.57 Å². The van der Waals surface area contributed by atoms with Crippen molar-refractivity contribution in [1.82, 2.24) is 0 Å². The summed E-state index contributed by atoms with van der Waals surface area (Å²) < 4.78 is 18.2. The van der Waals surface area contributed by atoms with Crippen LogP contribution in [0.2, 0.25) is 0 Å². The zero-order valence-electron chi connectivity index (χ0n) is 14.5. The number of unbranched alkanes of at least 4 members (excludes halogenated alkanes) is 5. The molecule has 0 amide bonds. The third kappa shape index (κ3) is 8.01. The molecule has 0 aromatic heterocycles. The minimum atomic E-state index is -3.78. The molecular weight excluding hydrogens is 309 g/mol. The van der Waals surface area contributed by atoms with Gasteiger partial charge in [-0.1, -0.05) is 58.8 Å². The predicted octanol–water partition coefficient (Wildman–Crippen LogP) is 5.02. The van der Waals surface area contributed by atoms with Gasteiger partial charge in [0.15, 0.2) is 0 Å². The summed E-state index contributed by atoms with van der Waals surface area (Å²) in [5.74, 6) is 0. The summed E-state index contributed by atoms with van der Waals surface area (Å²) in [7, 11) is -3.78. The van der Waals surface area contributed by atoms with Gasteiger partial charge in [0.1, 0.15) is 0 Å². The van der Waals surface area contributed by atoms with Crippen LogP contribution in [0, 0.1) is 0 Å². The van der Waals surface area contributed by atoms with Crippen LogP contribution in [0.4, 0.5) is 5.69 Å². The maximum atomic E-state index is 12.6. The van der Waals surface area contributed by atoms with E-state index in [-0.39, 0.29) is 6.10 Å². The molecule has 0 heterocycles. The number of hydrogen-bond acceptors (Lipinski definition) is 3. The van der Waals surface area contributed by atoms with Crippen molar-refractivity contribution in [2.75, 3.05) is 5.73 Å². The Kier molecular flexibility index (Phi) is 9.54. The second kappa shape index (κ2) is 10.9.